The first-order valence-corrected chi connectivity index (χ1v) is 14.5. The van der Waals surface area contributed by atoms with Gasteiger partial charge in [0.2, 0.25) is 0 Å². The number of para-hydroxylation sites is 1. The summed E-state index contributed by atoms with van der Waals surface area (Å²) in [6.45, 7) is 7.30. The predicted molar refractivity (Wildman–Crippen MR) is 163 cm³/mol. The summed E-state index contributed by atoms with van der Waals surface area (Å²) in [5.41, 5.74) is 4.70. The van der Waals surface area contributed by atoms with E-state index in [0.29, 0.717) is 23.1 Å². The minimum atomic E-state index is -0.100. The molecule has 6 heteroatoms. The average molecular weight is 557 g/mol. The third-order valence-electron chi connectivity index (χ3n) is 7.27. The highest BCUT2D eigenvalue weighted by molar-refractivity contribution is 7.16. The third-order valence-corrected chi connectivity index (χ3v) is 8.80. The highest BCUT2D eigenvalue weighted by atomic mass is 35.5. The number of carbonyl (C=O) groups excluding carboxylic acids is 1. The maximum absolute atomic E-state index is 13.6. The number of nitrogens with one attached hydrogen (secondary N) is 1. The van der Waals surface area contributed by atoms with Crippen LogP contribution in [0.5, 0.6) is 5.75 Å². The molecule has 1 aliphatic rings. The molecule has 0 fully saturated rings. The van der Waals surface area contributed by atoms with Crippen LogP contribution in [0.25, 0.3) is 0 Å². The van der Waals surface area contributed by atoms with E-state index in [2.05, 4.69) is 26.1 Å². The lowest BCUT2D eigenvalue weighted by Crippen LogP contribution is -2.27. The number of amides is 1. The summed E-state index contributed by atoms with van der Waals surface area (Å²) >= 11 is 7.92. The molecule has 0 radical (unpaired) electrons. The molecule has 0 bridgehead atoms. The van der Waals surface area contributed by atoms with E-state index in [4.69, 9.17) is 21.3 Å². The lowest BCUT2D eigenvalue weighted by molar-refractivity contribution is 0.102. The summed E-state index contributed by atoms with van der Waals surface area (Å²) in [5, 5.41) is 4.53. The fourth-order valence-corrected chi connectivity index (χ4v) is 6.40. The van der Waals surface area contributed by atoms with Gasteiger partial charge in [-0.2, -0.15) is 0 Å². The van der Waals surface area contributed by atoms with Crippen LogP contribution in [-0.4, -0.2) is 12.1 Å². The Balaban J connectivity index is 1.41. The molecular weight excluding hydrogens is 524 g/mol. The molecule has 4 nitrogen and oxygen atoms in total. The molecule has 1 N–H and O–H groups in total. The molecule has 1 atom stereocenters. The van der Waals surface area contributed by atoms with E-state index in [0.717, 1.165) is 52.4 Å². The lowest BCUT2D eigenvalue weighted by atomic mass is 9.72. The van der Waals surface area contributed by atoms with Crippen molar-refractivity contribution >= 4 is 45.7 Å². The van der Waals surface area contributed by atoms with Gasteiger partial charge in [0.25, 0.3) is 5.91 Å². The minimum absolute atomic E-state index is 0.100. The smallest absolute Gasteiger partial charge is 0.259 e. The number of hydrogen-bond acceptors (Lipinski definition) is 4. The van der Waals surface area contributed by atoms with E-state index >= 15 is 0 Å². The van der Waals surface area contributed by atoms with Crippen molar-refractivity contribution in [3.8, 4) is 5.75 Å². The normalized spacial score (nSPS) is 15.2. The summed E-state index contributed by atoms with van der Waals surface area (Å²) in [6, 6.07) is 25.1. The van der Waals surface area contributed by atoms with Crippen molar-refractivity contribution in [2.45, 2.75) is 46.6 Å². The highest BCUT2D eigenvalue weighted by Gasteiger charge is 2.33. The van der Waals surface area contributed by atoms with Gasteiger partial charge in [0, 0.05) is 27.4 Å². The van der Waals surface area contributed by atoms with Crippen molar-refractivity contribution in [2.24, 2.45) is 16.3 Å². The molecule has 0 unspecified atom stereocenters. The van der Waals surface area contributed by atoms with Gasteiger partial charge in [-0.1, -0.05) is 80.9 Å². The second kappa shape index (κ2) is 11.8. The number of rotatable bonds is 7. The van der Waals surface area contributed by atoms with Crippen molar-refractivity contribution < 1.29 is 9.53 Å². The third kappa shape index (κ3) is 6.60. The van der Waals surface area contributed by atoms with Crippen molar-refractivity contribution in [3.63, 3.8) is 0 Å². The topological polar surface area (TPSA) is 50.7 Å². The number of ether oxygens (including phenoxy) is 1. The number of nitrogens with zero attached hydrogens (tertiary/aromatic N) is 1. The van der Waals surface area contributed by atoms with Crippen LogP contribution >= 0.6 is 22.9 Å². The Labute approximate surface area is 239 Å². The van der Waals surface area contributed by atoms with Crippen molar-refractivity contribution in [1.82, 2.24) is 0 Å². The van der Waals surface area contributed by atoms with Crippen LogP contribution in [0.4, 0.5) is 10.7 Å². The van der Waals surface area contributed by atoms with Crippen LogP contribution in [-0.2, 0) is 19.4 Å². The van der Waals surface area contributed by atoms with Crippen LogP contribution < -0.4 is 10.1 Å². The van der Waals surface area contributed by atoms with E-state index in [1.54, 1.807) is 11.3 Å². The summed E-state index contributed by atoms with van der Waals surface area (Å²) in [5.74, 6) is 1.22. The zero-order valence-electron chi connectivity index (χ0n) is 22.5. The van der Waals surface area contributed by atoms with E-state index < -0.39 is 0 Å². The predicted octanol–water partition coefficient (Wildman–Crippen LogP) is 9.13. The molecule has 0 saturated carbocycles. The molecular formula is C33H33ClN2O2S. The molecule has 1 aliphatic carbocycles. The zero-order chi connectivity index (χ0) is 27.4. The Kier molecular flexibility index (Phi) is 8.20. The van der Waals surface area contributed by atoms with Gasteiger partial charge < -0.3 is 10.1 Å². The molecule has 4 aromatic rings. The first kappa shape index (κ1) is 27.2. The fraction of sp³-hybridized carbons (Fsp3) is 0.273. The number of fused-ring (bicyclic) bond motifs is 1. The van der Waals surface area contributed by atoms with Crippen molar-refractivity contribution in [1.29, 1.82) is 0 Å². The van der Waals surface area contributed by atoms with Gasteiger partial charge in [-0.3, -0.25) is 4.79 Å². The Morgan fingerprint density at radius 2 is 1.85 bits per heavy atom. The molecule has 5 rings (SSSR count). The van der Waals surface area contributed by atoms with Crippen LogP contribution in [0.15, 0.2) is 83.9 Å². The van der Waals surface area contributed by atoms with Gasteiger partial charge in [0.05, 0.1) is 5.56 Å². The van der Waals surface area contributed by atoms with Crippen LogP contribution in [0.1, 0.15) is 59.1 Å². The monoisotopic (exact) mass is 556 g/mol. The summed E-state index contributed by atoms with van der Waals surface area (Å²) < 4.78 is 6.00. The molecule has 200 valence electrons. The average Bonchev–Trinajstić information content (AvgIpc) is 3.30. The number of thiophene rings is 1. The number of hydrogen-bond donors (Lipinski definition) is 1. The van der Waals surface area contributed by atoms with Gasteiger partial charge >= 0.3 is 0 Å². The maximum atomic E-state index is 13.6. The molecule has 3 aromatic carbocycles. The molecule has 1 heterocycles. The van der Waals surface area contributed by atoms with Gasteiger partial charge in [0.15, 0.2) is 0 Å². The van der Waals surface area contributed by atoms with Crippen LogP contribution in [0.2, 0.25) is 5.02 Å². The van der Waals surface area contributed by atoms with Gasteiger partial charge in [-0.25, -0.2) is 4.99 Å². The molecule has 0 saturated heterocycles. The number of anilines is 1. The first-order chi connectivity index (χ1) is 18.8. The van der Waals surface area contributed by atoms with Gasteiger partial charge in [-0.05, 0) is 72.1 Å². The SMILES string of the molecule is CC(C)(C)[C@H]1CCc2c(sc(N=Cc3cccc(OCc4ccccc4Cl)c3)c2C(=O)Nc2ccccc2)C1. The standard InChI is InChI=1S/C33H33ClN2O2S/c1-33(2,3)24-16-17-27-29(19-24)39-32(30(27)31(37)36-25-12-5-4-6-13-25)35-20-22-10-9-14-26(18-22)38-21-23-11-7-8-15-28(23)34/h4-15,18,20,24H,16-17,19,21H2,1-3H3,(H,36,37)/t24-/m0/s1. The molecule has 1 aromatic heterocycles. The number of benzene rings is 3. The highest BCUT2D eigenvalue weighted by Crippen LogP contribution is 2.45. The summed E-state index contributed by atoms with van der Waals surface area (Å²) in [6.07, 6.45) is 4.77. The largest absolute Gasteiger partial charge is 0.489 e. The maximum Gasteiger partial charge on any atom is 0.259 e. The molecule has 1 amide bonds. The Bertz CT molecular complexity index is 1490. The Hall–Kier alpha value is -3.41. The molecule has 0 aliphatic heterocycles. The number of halogens is 1. The molecule has 39 heavy (non-hydrogen) atoms. The summed E-state index contributed by atoms with van der Waals surface area (Å²) in [4.78, 5) is 19.7. The zero-order valence-corrected chi connectivity index (χ0v) is 24.1. The van der Waals surface area contributed by atoms with Gasteiger partial charge in [-0.15, -0.1) is 11.3 Å². The minimum Gasteiger partial charge on any atom is -0.489 e. The summed E-state index contributed by atoms with van der Waals surface area (Å²) in [7, 11) is 0. The van der Waals surface area contributed by atoms with Crippen LogP contribution in [0.3, 0.4) is 0 Å². The Morgan fingerprint density at radius 3 is 2.62 bits per heavy atom. The van der Waals surface area contributed by atoms with Crippen molar-refractivity contribution in [3.05, 3.63) is 111 Å². The first-order valence-electron chi connectivity index (χ1n) is 13.3. The van der Waals surface area contributed by atoms with Gasteiger partial charge in [0.1, 0.15) is 17.4 Å². The quantitative estimate of drug-likeness (QED) is 0.231. The van der Waals surface area contributed by atoms with E-state index in [1.165, 1.54) is 4.88 Å². The number of aliphatic imine (C=N–C) groups is 1. The van der Waals surface area contributed by atoms with E-state index in [-0.39, 0.29) is 11.3 Å². The second-order valence-corrected chi connectivity index (χ2v) is 12.5. The van der Waals surface area contributed by atoms with E-state index in [9.17, 15) is 4.79 Å². The lowest BCUT2D eigenvalue weighted by Gasteiger charge is -2.33. The molecule has 0 spiro atoms. The van der Waals surface area contributed by atoms with Crippen molar-refractivity contribution in [2.75, 3.05) is 5.32 Å². The fourth-order valence-electron chi connectivity index (χ4n) is 4.95. The number of carbonyl (C=O) groups is 1. The second-order valence-electron chi connectivity index (χ2n) is 11.0. The van der Waals surface area contributed by atoms with E-state index in [1.807, 2.05) is 85.1 Å². The Morgan fingerprint density at radius 1 is 1.08 bits per heavy atom. The van der Waals surface area contributed by atoms with Crippen LogP contribution in [0, 0.1) is 11.3 Å².